The van der Waals surface area contributed by atoms with Crippen molar-refractivity contribution in [1.82, 2.24) is 9.03 Å². The number of carbonyl (C=O) groups is 1. The monoisotopic (exact) mass is 408 g/mol. The second kappa shape index (κ2) is 7.41. The van der Waals surface area contributed by atoms with Crippen molar-refractivity contribution in [3.63, 3.8) is 0 Å². The van der Waals surface area contributed by atoms with E-state index in [4.69, 9.17) is 0 Å². The Morgan fingerprint density at radius 1 is 0.926 bits per heavy atom. The maximum absolute atomic E-state index is 12.6. The number of sulfonamides is 2. The molecule has 0 aromatic heterocycles. The number of aryl methyl sites for hydroxylation is 1. The Labute approximate surface area is 159 Å². The lowest BCUT2D eigenvalue weighted by Gasteiger charge is -2.16. The first kappa shape index (κ1) is 19.5. The van der Waals surface area contributed by atoms with Crippen LogP contribution in [-0.4, -0.2) is 40.1 Å². The van der Waals surface area contributed by atoms with E-state index in [-0.39, 0.29) is 15.4 Å². The summed E-state index contributed by atoms with van der Waals surface area (Å²) in [4.78, 5) is 11.8. The Morgan fingerprint density at radius 3 is 2.15 bits per heavy atom. The highest BCUT2D eigenvalue weighted by Crippen LogP contribution is 2.23. The largest absolute Gasteiger partial charge is 0.268 e. The zero-order valence-electron chi connectivity index (χ0n) is 14.8. The number of rotatable bonds is 5. The van der Waals surface area contributed by atoms with Crippen LogP contribution in [0.15, 0.2) is 58.3 Å². The van der Waals surface area contributed by atoms with E-state index in [1.54, 1.807) is 12.1 Å². The molecular formula is C18H20N2O5S2. The number of hydrogen-bond donors (Lipinski definition) is 1. The standard InChI is InChI=1S/C18H20N2O5S2/c1-14-7-9-15(10-8-14)18(21)19-26(22,23)16-5-4-6-17(13-16)27(24,25)20-11-2-3-12-20/h4-10,13H,2-3,11-12H2,1H3,(H,19,21). The fraction of sp³-hybridized carbons (Fsp3) is 0.278. The number of carbonyl (C=O) groups excluding carboxylic acids is 1. The van der Waals surface area contributed by atoms with Crippen LogP contribution in [0.25, 0.3) is 0 Å². The van der Waals surface area contributed by atoms with Crippen molar-refractivity contribution in [2.45, 2.75) is 29.6 Å². The van der Waals surface area contributed by atoms with Crippen LogP contribution in [0.2, 0.25) is 0 Å². The van der Waals surface area contributed by atoms with Gasteiger partial charge in [0.15, 0.2) is 0 Å². The van der Waals surface area contributed by atoms with Gasteiger partial charge in [-0.1, -0.05) is 23.8 Å². The molecule has 1 fully saturated rings. The average molecular weight is 409 g/mol. The summed E-state index contributed by atoms with van der Waals surface area (Å²) in [5, 5.41) is 0. The quantitative estimate of drug-likeness (QED) is 0.814. The molecule has 2 aromatic carbocycles. The fourth-order valence-corrected chi connectivity index (χ4v) is 5.48. The Hall–Kier alpha value is -2.23. The molecule has 0 saturated carbocycles. The molecular weight excluding hydrogens is 388 g/mol. The van der Waals surface area contributed by atoms with Crippen molar-refractivity contribution < 1.29 is 21.6 Å². The summed E-state index contributed by atoms with van der Waals surface area (Å²) in [5.74, 6) is -0.775. The number of nitrogens with zero attached hydrogens (tertiary/aromatic N) is 1. The first-order valence-corrected chi connectivity index (χ1v) is 11.4. The number of nitrogens with one attached hydrogen (secondary N) is 1. The van der Waals surface area contributed by atoms with Gasteiger partial charge in [0.05, 0.1) is 9.79 Å². The van der Waals surface area contributed by atoms with Gasteiger partial charge in [-0.05, 0) is 50.1 Å². The summed E-state index contributed by atoms with van der Waals surface area (Å²) in [5.41, 5.74) is 1.14. The van der Waals surface area contributed by atoms with Crippen molar-refractivity contribution >= 4 is 26.0 Å². The average Bonchev–Trinajstić information content (AvgIpc) is 3.17. The molecule has 1 amide bonds. The minimum atomic E-state index is -4.21. The molecule has 1 aliphatic heterocycles. The van der Waals surface area contributed by atoms with Crippen molar-refractivity contribution in [1.29, 1.82) is 0 Å². The Kier molecular flexibility index (Phi) is 5.36. The van der Waals surface area contributed by atoms with Gasteiger partial charge in [0.1, 0.15) is 0 Å². The highest BCUT2D eigenvalue weighted by atomic mass is 32.2. The predicted molar refractivity (Wildman–Crippen MR) is 100 cm³/mol. The van der Waals surface area contributed by atoms with Crippen LogP contribution in [0.4, 0.5) is 0 Å². The minimum Gasteiger partial charge on any atom is -0.268 e. The third kappa shape index (κ3) is 4.20. The van der Waals surface area contributed by atoms with Gasteiger partial charge in [-0.2, -0.15) is 4.31 Å². The Morgan fingerprint density at radius 2 is 1.52 bits per heavy atom. The first-order chi connectivity index (χ1) is 12.7. The highest BCUT2D eigenvalue weighted by Gasteiger charge is 2.28. The van der Waals surface area contributed by atoms with E-state index in [0.717, 1.165) is 24.5 Å². The van der Waals surface area contributed by atoms with E-state index in [9.17, 15) is 21.6 Å². The van der Waals surface area contributed by atoms with Gasteiger partial charge >= 0.3 is 0 Å². The van der Waals surface area contributed by atoms with E-state index in [1.807, 2.05) is 11.6 Å². The third-order valence-electron chi connectivity index (χ3n) is 4.36. The van der Waals surface area contributed by atoms with E-state index < -0.39 is 26.0 Å². The molecule has 0 radical (unpaired) electrons. The van der Waals surface area contributed by atoms with Crippen LogP contribution in [-0.2, 0) is 20.0 Å². The molecule has 144 valence electrons. The van der Waals surface area contributed by atoms with Gasteiger partial charge in [0.2, 0.25) is 10.0 Å². The summed E-state index contributed by atoms with van der Waals surface area (Å²) in [6, 6.07) is 11.5. The Balaban J connectivity index is 1.87. The molecule has 0 bridgehead atoms. The maximum Gasteiger partial charge on any atom is 0.264 e. The summed E-state index contributed by atoms with van der Waals surface area (Å²) in [7, 11) is -7.96. The highest BCUT2D eigenvalue weighted by molar-refractivity contribution is 7.90. The summed E-state index contributed by atoms with van der Waals surface area (Å²) in [6.07, 6.45) is 1.56. The van der Waals surface area contributed by atoms with Crippen molar-refractivity contribution in [2.75, 3.05) is 13.1 Å². The van der Waals surface area contributed by atoms with E-state index in [0.29, 0.717) is 13.1 Å². The van der Waals surface area contributed by atoms with Gasteiger partial charge in [-0.25, -0.2) is 21.6 Å². The van der Waals surface area contributed by atoms with E-state index >= 15 is 0 Å². The lowest BCUT2D eigenvalue weighted by Crippen LogP contribution is -2.31. The van der Waals surface area contributed by atoms with Crippen LogP contribution in [0.5, 0.6) is 0 Å². The SMILES string of the molecule is Cc1ccc(C(=O)NS(=O)(=O)c2cccc(S(=O)(=O)N3CCCC3)c2)cc1. The maximum atomic E-state index is 12.6. The van der Waals surface area contributed by atoms with E-state index in [2.05, 4.69) is 0 Å². The van der Waals surface area contributed by atoms with Crippen LogP contribution in [0.1, 0.15) is 28.8 Å². The molecule has 7 nitrogen and oxygen atoms in total. The molecule has 0 atom stereocenters. The fourth-order valence-electron chi connectivity index (χ4n) is 2.82. The Bertz CT molecular complexity index is 1060. The molecule has 3 rings (SSSR count). The minimum absolute atomic E-state index is 0.102. The predicted octanol–water partition coefficient (Wildman–Crippen LogP) is 1.90. The summed E-state index contributed by atoms with van der Waals surface area (Å²) < 4.78 is 53.7. The molecule has 1 heterocycles. The van der Waals surface area contributed by atoms with Crippen LogP contribution >= 0.6 is 0 Å². The number of amides is 1. The van der Waals surface area contributed by atoms with Crippen molar-refractivity contribution in [2.24, 2.45) is 0 Å². The van der Waals surface area contributed by atoms with Gasteiger partial charge in [-0.15, -0.1) is 0 Å². The van der Waals surface area contributed by atoms with Gasteiger partial charge in [0.25, 0.3) is 15.9 Å². The van der Waals surface area contributed by atoms with Gasteiger partial charge < -0.3 is 0 Å². The van der Waals surface area contributed by atoms with Crippen molar-refractivity contribution in [3.05, 3.63) is 59.7 Å². The van der Waals surface area contributed by atoms with Gasteiger partial charge in [0, 0.05) is 18.7 Å². The van der Waals surface area contributed by atoms with Crippen LogP contribution in [0, 0.1) is 6.92 Å². The molecule has 0 unspecified atom stereocenters. The topological polar surface area (TPSA) is 101 Å². The zero-order valence-corrected chi connectivity index (χ0v) is 16.4. The normalized spacial score (nSPS) is 15.6. The molecule has 1 N–H and O–H groups in total. The zero-order chi connectivity index (χ0) is 19.7. The van der Waals surface area contributed by atoms with Crippen LogP contribution < -0.4 is 4.72 Å². The molecule has 0 aliphatic carbocycles. The number of benzene rings is 2. The lowest BCUT2D eigenvalue weighted by molar-refractivity contribution is 0.0981. The smallest absolute Gasteiger partial charge is 0.264 e. The molecule has 9 heteroatoms. The second-order valence-corrected chi connectivity index (χ2v) is 10.0. The summed E-state index contributed by atoms with van der Waals surface area (Å²) >= 11 is 0. The third-order valence-corrected chi connectivity index (χ3v) is 7.58. The first-order valence-electron chi connectivity index (χ1n) is 8.44. The molecule has 0 spiro atoms. The summed E-state index contributed by atoms with van der Waals surface area (Å²) in [6.45, 7) is 2.69. The lowest BCUT2D eigenvalue weighted by atomic mass is 10.1. The second-order valence-electron chi connectivity index (χ2n) is 6.39. The molecule has 27 heavy (non-hydrogen) atoms. The molecule has 2 aromatic rings. The molecule has 1 saturated heterocycles. The van der Waals surface area contributed by atoms with Crippen molar-refractivity contribution in [3.8, 4) is 0 Å². The van der Waals surface area contributed by atoms with Gasteiger partial charge in [-0.3, -0.25) is 4.79 Å². The molecule has 1 aliphatic rings. The van der Waals surface area contributed by atoms with Crippen LogP contribution in [0.3, 0.4) is 0 Å². The number of hydrogen-bond acceptors (Lipinski definition) is 5. The van der Waals surface area contributed by atoms with E-state index in [1.165, 1.54) is 34.6 Å².